The lowest BCUT2D eigenvalue weighted by molar-refractivity contribution is -0.121. The van der Waals surface area contributed by atoms with E-state index in [0.717, 1.165) is 5.56 Å². The summed E-state index contributed by atoms with van der Waals surface area (Å²) in [5.41, 5.74) is 3.09. The molecule has 0 aliphatic carbocycles. The first-order chi connectivity index (χ1) is 11.6. The minimum Gasteiger partial charge on any atom is -0.497 e. The van der Waals surface area contributed by atoms with E-state index >= 15 is 0 Å². The minimum atomic E-state index is -0.599. The topological polar surface area (TPSA) is 124 Å². The van der Waals surface area contributed by atoms with Gasteiger partial charge in [-0.15, -0.1) is 0 Å². The van der Waals surface area contributed by atoms with Crippen molar-refractivity contribution in [3.63, 3.8) is 0 Å². The largest absolute Gasteiger partial charge is 0.497 e. The Morgan fingerprint density at radius 1 is 1.38 bits per heavy atom. The Morgan fingerprint density at radius 3 is 3.00 bits per heavy atom. The van der Waals surface area contributed by atoms with Crippen LogP contribution in [0.3, 0.4) is 0 Å². The molecule has 0 saturated carbocycles. The van der Waals surface area contributed by atoms with Crippen LogP contribution in [0.2, 0.25) is 0 Å². The zero-order chi connectivity index (χ0) is 17.1. The second-order valence-electron chi connectivity index (χ2n) is 5.19. The second-order valence-corrected chi connectivity index (χ2v) is 5.19. The molecule has 1 aromatic rings. The van der Waals surface area contributed by atoms with Crippen LogP contribution >= 0.6 is 0 Å². The number of nitrogens with one attached hydrogen (secondary N) is 4. The Balaban J connectivity index is 1.54. The molecule has 0 spiro atoms. The molecule has 2 fully saturated rings. The van der Waals surface area contributed by atoms with Crippen molar-refractivity contribution in [3.05, 3.63) is 29.8 Å². The van der Waals surface area contributed by atoms with Gasteiger partial charge in [0, 0.05) is 0 Å². The summed E-state index contributed by atoms with van der Waals surface area (Å²) in [7, 11) is 1.56. The highest BCUT2D eigenvalue weighted by atomic mass is 16.5. The van der Waals surface area contributed by atoms with Gasteiger partial charge in [-0.05, 0) is 17.7 Å². The van der Waals surface area contributed by atoms with E-state index in [1.165, 1.54) is 11.1 Å². The van der Waals surface area contributed by atoms with Gasteiger partial charge in [0.2, 0.25) is 0 Å². The van der Waals surface area contributed by atoms with E-state index in [-0.39, 0.29) is 6.54 Å². The summed E-state index contributed by atoms with van der Waals surface area (Å²) < 4.78 is 5.09. The van der Waals surface area contributed by atoms with Crippen molar-refractivity contribution >= 4 is 24.2 Å². The number of amides is 5. The van der Waals surface area contributed by atoms with Gasteiger partial charge < -0.3 is 20.7 Å². The van der Waals surface area contributed by atoms with Crippen LogP contribution in [0, 0.1) is 0 Å². The molecule has 5 amide bonds. The van der Waals surface area contributed by atoms with E-state index < -0.39 is 30.3 Å². The maximum Gasteiger partial charge on any atom is 0.321 e. The van der Waals surface area contributed by atoms with Crippen LogP contribution < -0.4 is 26.1 Å². The summed E-state index contributed by atoms with van der Waals surface area (Å²) in [5.74, 6) is 0.195. The van der Waals surface area contributed by atoms with E-state index in [1.54, 1.807) is 31.4 Å². The predicted octanol–water partition coefficient (Wildman–Crippen LogP) is -0.864. The summed E-state index contributed by atoms with van der Waals surface area (Å²) in [6.07, 6.45) is 0.322. The van der Waals surface area contributed by atoms with Crippen molar-refractivity contribution in [1.82, 2.24) is 26.3 Å². The number of benzene rings is 1. The summed E-state index contributed by atoms with van der Waals surface area (Å²) >= 11 is 0. The molecule has 2 atom stereocenters. The predicted molar refractivity (Wildman–Crippen MR) is 83.2 cm³/mol. The number of rotatable bonds is 5. The second kappa shape index (κ2) is 6.44. The fourth-order valence-electron chi connectivity index (χ4n) is 2.46. The molecule has 3 rings (SSSR count). The molecule has 2 aliphatic rings. The Bertz CT molecular complexity index is 706. The standard InChI is InChI=1S/C14H16N6O4/c1-24-9-4-2-3-8(5-9)6-15-19-10(21)7-20-12-11(17-14(20)23)16-13(22)18-12/h2-6,11-12H,7H2,1H3,(H,17,23)(H,19,21)(H2,16,18,22)/b15-6-/t11-,12+/m0/s1. The lowest BCUT2D eigenvalue weighted by Gasteiger charge is -2.19. The quantitative estimate of drug-likeness (QED) is 0.413. The van der Waals surface area contributed by atoms with Gasteiger partial charge in [0.05, 0.1) is 13.3 Å². The van der Waals surface area contributed by atoms with Crippen molar-refractivity contribution < 1.29 is 19.1 Å². The zero-order valence-electron chi connectivity index (χ0n) is 12.8. The average molecular weight is 332 g/mol. The van der Waals surface area contributed by atoms with E-state index in [1.807, 2.05) is 0 Å². The Morgan fingerprint density at radius 2 is 2.21 bits per heavy atom. The molecule has 10 heteroatoms. The van der Waals surface area contributed by atoms with Crippen LogP contribution in [0.1, 0.15) is 5.56 Å². The number of fused-ring (bicyclic) bond motifs is 1. The number of urea groups is 2. The molecule has 0 radical (unpaired) electrons. The number of hydrogen-bond donors (Lipinski definition) is 4. The van der Waals surface area contributed by atoms with Crippen LogP contribution in [-0.4, -0.2) is 55.1 Å². The van der Waals surface area contributed by atoms with Gasteiger partial charge in [-0.2, -0.15) is 5.10 Å². The van der Waals surface area contributed by atoms with Crippen molar-refractivity contribution in [2.45, 2.75) is 12.3 Å². The third-order valence-corrected chi connectivity index (χ3v) is 3.57. The molecule has 10 nitrogen and oxygen atoms in total. The Kier molecular flexibility index (Phi) is 4.18. The highest BCUT2D eigenvalue weighted by Crippen LogP contribution is 2.13. The molecule has 4 N–H and O–H groups in total. The number of carbonyl (C=O) groups is 3. The van der Waals surface area contributed by atoms with Crippen LogP contribution in [0.4, 0.5) is 9.59 Å². The van der Waals surface area contributed by atoms with Crippen molar-refractivity contribution in [2.75, 3.05) is 13.7 Å². The van der Waals surface area contributed by atoms with E-state index in [4.69, 9.17) is 4.74 Å². The van der Waals surface area contributed by atoms with Crippen molar-refractivity contribution in [1.29, 1.82) is 0 Å². The van der Waals surface area contributed by atoms with Crippen molar-refractivity contribution in [2.24, 2.45) is 5.10 Å². The summed E-state index contributed by atoms with van der Waals surface area (Å²) in [4.78, 5) is 36.2. The SMILES string of the molecule is COc1cccc(/C=N\NC(=O)CN2C(=O)N[C@@H]3NC(=O)N[C@@H]32)c1. The number of hydrogen-bond acceptors (Lipinski definition) is 5. The first-order valence-electron chi connectivity index (χ1n) is 7.17. The first kappa shape index (κ1) is 15.6. The molecule has 2 heterocycles. The molecular weight excluding hydrogens is 316 g/mol. The van der Waals surface area contributed by atoms with Crippen LogP contribution in [-0.2, 0) is 4.79 Å². The van der Waals surface area contributed by atoms with Gasteiger partial charge in [-0.3, -0.25) is 9.69 Å². The van der Waals surface area contributed by atoms with E-state index in [0.29, 0.717) is 5.75 Å². The molecule has 1 aromatic carbocycles. The molecule has 0 bridgehead atoms. The maximum absolute atomic E-state index is 11.9. The number of nitrogens with zero attached hydrogens (tertiary/aromatic N) is 2. The van der Waals surface area contributed by atoms with Gasteiger partial charge in [-0.25, -0.2) is 15.0 Å². The van der Waals surface area contributed by atoms with Crippen LogP contribution in [0.5, 0.6) is 5.75 Å². The molecular formula is C14H16N6O4. The van der Waals surface area contributed by atoms with E-state index in [2.05, 4.69) is 26.5 Å². The van der Waals surface area contributed by atoms with Gasteiger partial charge in [0.25, 0.3) is 5.91 Å². The minimum absolute atomic E-state index is 0.232. The molecule has 2 aliphatic heterocycles. The van der Waals surface area contributed by atoms with Gasteiger partial charge in [-0.1, -0.05) is 12.1 Å². The van der Waals surface area contributed by atoms with Gasteiger partial charge in [0.1, 0.15) is 24.6 Å². The summed E-state index contributed by atoms with van der Waals surface area (Å²) in [6, 6.07) is 6.31. The van der Waals surface area contributed by atoms with Crippen LogP contribution in [0.25, 0.3) is 0 Å². The fourth-order valence-corrected chi connectivity index (χ4v) is 2.46. The van der Waals surface area contributed by atoms with Gasteiger partial charge >= 0.3 is 12.1 Å². The lowest BCUT2D eigenvalue weighted by Crippen LogP contribution is -2.47. The van der Waals surface area contributed by atoms with Crippen LogP contribution in [0.15, 0.2) is 29.4 Å². The third kappa shape index (κ3) is 3.21. The average Bonchev–Trinajstić information content (AvgIpc) is 3.04. The monoisotopic (exact) mass is 332 g/mol. The molecule has 0 unspecified atom stereocenters. The fraction of sp³-hybridized carbons (Fsp3) is 0.286. The highest BCUT2D eigenvalue weighted by molar-refractivity contribution is 5.89. The number of hydrazone groups is 1. The first-order valence-corrected chi connectivity index (χ1v) is 7.17. The smallest absolute Gasteiger partial charge is 0.321 e. The number of methoxy groups -OCH3 is 1. The molecule has 126 valence electrons. The molecule has 2 saturated heterocycles. The lowest BCUT2D eigenvalue weighted by atomic mass is 10.2. The van der Waals surface area contributed by atoms with Crippen molar-refractivity contribution in [3.8, 4) is 5.75 Å². The maximum atomic E-state index is 11.9. The normalized spacial score (nSPS) is 22.0. The highest BCUT2D eigenvalue weighted by Gasteiger charge is 2.45. The molecule has 0 aromatic heterocycles. The Labute approximate surface area is 137 Å². The Hall–Kier alpha value is -3.30. The summed E-state index contributed by atoms with van der Waals surface area (Å²) in [6.45, 7) is -0.232. The zero-order valence-corrected chi connectivity index (χ0v) is 12.8. The molecule has 24 heavy (non-hydrogen) atoms. The number of carbonyl (C=O) groups excluding carboxylic acids is 3. The van der Waals surface area contributed by atoms with E-state index in [9.17, 15) is 14.4 Å². The third-order valence-electron chi connectivity index (χ3n) is 3.57. The van der Waals surface area contributed by atoms with Gasteiger partial charge in [0.15, 0.2) is 0 Å². The summed E-state index contributed by atoms with van der Waals surface area (Å²) in [5, 5.41) is 11.5. The number of ether oxygens (including phenoxy) is 1.